The molecule has 0 saturated heterocycles. The van der Waals surface area contributed by atoms with Crippen molar-refractivity contribution < 1.29 is 4.79 Å². The lowest BCUT2D eigenvalue weighted by Crippen LogP contribution is -2.43. The van der Waals surface area contributed by atoms with Crippen LogP contribution >= 0.6 is 11.8 Å². The van der Waals surface area contributed by atoms with Gasteiger partial charge in [0.05, 0.1) is 0 Å². The van der Waals surface area contributed by atoms with Gasteiger partial charge in [0.25, 0.3) is 5.91 Å². The maximum atomic E-state index is 12.9. The highest BCUT2D eigenvalue weighted by Crippen LogP contribution is 2.68. The molecule has 1 atom stereocenters. The molecule has 0 N–H and O–H groups in total. The zero-order chi connectivity index (χ0) is 17.7. The molecule has 0 radical (unpaired) electrons. The monoisotopic (exact) mass is 355 g/mol. The third kappa shape index (κ3) is 1.92. The van der Waals surface area contributed by atoms with Gasteiger partial charge in [-0.15, -0.1) is 0 Å². The Morgan fingerprint density at radius 1 is 0.769 bits per heavy atom. The second-order valence-electron chi connectivity index (χ2n) is 6.59. The topological polar surface area (TPSA) is 20.3 Å². The number of benzene rings is 3. The Morgan fingerprint density at radius 3 is 2.04 bits per heavy atom. The average molecular weight is 355 g/mol. The molecule has 1 unspecified atom stereocenters. The van der Waals surface area contributed by atoms with Crippen molar-refractivity contribution >= 4 is 28.1 Å². The van der Waals surface area contributed by atoms with E-state index in [0.29, 0.717) is 0 Å². The van der Waals surface area contributed by atoms with Crippen LogP contribution in [0.1, 0.15) is 27.0 Å². The van der Waals surface area contributed by atoms with E-state index >= 15 is 0 Å². The molecule has 3 aromatic rings. The van der Waals surface area contributed by atoms with E-state index in [1.54, 1.807) is 11.8 Å². The molecular formula is C23H17NOS. The van der Waals surface area contributed by atoms with Crippen molar-refractivity contribution in [3.63, 3.8) is 0 Å². The summed E-state index contributed by atoms with van der Waals surface area (Å²) in [5.41, 5.74) is 5.49. The van der Waals surface area contributed by atoms with Crippen LogP contribution in [0.5, 0.6) is 0 Å². The van der Waals surface area contributed by atoms with Gasteiger partial charge < -0.3 is 4.90 Å². The number of carbonyl (C=O) groups is 1. The van der Waals surface area contributed by atoms with Gasteiger partial charge in [-0.1, -0.05) is 90.6 Å². The van der Waals surface area contributed by atoms with Crippen molar-refractivity contribution in [3.05, 3.63) is 107 Å². The van der Waals surface area contributed by atoms with E-state index in [4.69, 9.17) is 0 Å². The maximum Gasteiger partial charge on any atom is 0.255 e. The molecule has 3 aromatic carbocycles. The Bertz CT molecular complexity index is 1040. The Labute approximate surface area is 157 Å². The SMILES string of the molecule is CN1C(=O)c2ccccc2C12SC(c1ccccc1)=C2c1ccccc1. The lowest BCUT2D eigenvalue weighted by Gasteiger charge is -2.47. The van der Waals surface area contributed by atoms with Gasteiger partial charge in [-0.2, -0.15) is 0 Å². The normalized spacial score (nSPS) is 21.1. The summed E-state index contributed by atoms with van der Waals surface area (Å²) in [6.45, 7) is 0. The third-order valence-electron chi connectivity index (χ3n) is 5.21. The summed E-state index contributed by atoms with van der Waals surface area (Å²) in [7, 11) is 1.92. The second kappa shape index (κ2) is 5.61. The zero-order valence-corrected chi connectivity index (χ0v) is 15.2. The summed E-state index contributed by atoms with van der Waals surface area (Å²) in [6.07, 6.45) is 0. The van der Waals surface area contributed by atoms with Crippen LogP contribution in [0, 0.1) is 0 Å². The molecular weight excluding hydrogens is 338 g/mol. The minimum Gasteiger partial charge on any atom is -0.318 e. The first kappa shape index (κ1) is 15.5. The van der Waals surface area contributed by atoms with Crippen LogP contribution in [0.15, 0.2) is 84.9 Å². The molecule has 26 heavy (non-hydrogen) atoms. The van der Waals surface area contributed by atoms with Gasteiger partial charge in [0.15, 0.2) is 0 Å². The summed E-state index contributed by atoms with van der Waals surface area (Å²) in [4.78, 5) is 15.6. The number of amides is 1. The van der Waals surface area contributed by atoms with Crippen LogP contribution in [-0.2, 0) is 4.87 Å². The lowest BCUT2D eigenvalue weighted by atomic mass is 9.89. The fourth-order valence-electron chi connectivity index (χ4n) is 3.98. The first-order valence-electron chi connectivity index (χ1n) is 8.66. The minimum absolute atomic E-state index is 0.0913. The lowest BCUT2D eigenvalue weighted by molar-refractivity contribution is 0.0782. The van der Waals surface area contributed by atoms with Gasteiger partial charge in [-0.25, -0.2) is 0 Å². The van der Waals surface area contributed by atoms with Crippen LogP contribution in [0.3, 0.4) is 0 Å². The highest BCUT2D eigenvalue weighted by atomic mass is 32.2. The molecule has 0 aliphatic carbocycles. The highest BCUT2D eigenvalue weighted by Gasteiger charge is 2.58. The molecule has 2 heterocycles. The van der Waals surface area contributed by atoms with E-state index < -0.39 is 4.87 Å². The number of thioether (sulfide) groups is 1. The molecule has 2 aliphatic heterocycles. The number of likely N-dealkylation sites (N-methyl/N-ethyl adjacent to an activating group) is 1. The van der Waals surface area contributed by atoms with Gasteiger partial charge in [0, 0.05) is 28.7 Å². The van der Waals surface area contributed by atoms with Gasteiger partial charge >= 0.3 is 0 Å². The van der Waals surface area contributed by atoms with Crippen LogP contribution in [0.2, 0.25) is 0 Å². The van der Waals surface area contributed by atoms with Gasteiger partial charge in [0.1, 0.15) is 4.87 Å². The van der Waals surface area contributed by atoms with Crippen molar-refractivity contribution in [3.8, 4) is 0 Å². The second-order valence-corrected chi connectivity index (χ2v) is 7.80. The van der Waals surface area contributed by atoms with Crippen LogP contribution < -0.4 is 0 Å². The van der Waals surface area contributed by atoms with E-state index in [9.17, 15) is 4.79 Å². The van der Waals surface area contributed by atoms with E-state index in [-0.39, 0.29) is 5.91 Å². The van der Waals surface area contributed by atoms with E-state index in [1.807, 2.05) is 42.3 Å². The third-order valence-corrected chi connectivity index (χ3v) is 6.85. The Morgan fingerprint density at radius 2 is 1.35 bits per heavy atom. The zero-order valence-electron chi connectivity index (χ0n) is 14.3. The Hall–Kier alpha value is -2.78. The fourth-order valence-corrected chi connectivity index (χ4v) is 5.57. The maximum absolute atomic E-state index is 12.9. The van der Waals surface area contributed by atoms with Crippen molar-refractivity contribution in [2.24, 2.45) is 0 Å². The molecule has 5 rings (SSSR count). The van der Waals surface area contributed by atoms with E-state index in [2.05, 4.69) is 54.6 Å². The van der Waals surface area contributed by atoms with Gasteiger partial charge in [-0.05, 0) is 17.2 Å². The van der Waals surface area contributed by atoms with Crippen LogP contribution in [0.25, 0.3) is 10.5 Å². The average Bonchev–Trinajstić information content (AvgIpc) is 2.91. The highest BCUT2D eigenvalue weighted by molar-refractivity contribution is 8.11. The molecule has 0 saturated carbocycles. The van der Waals surface area contributed by atoms with E-state index in [1.165, 1.54) is 21.6 Å². The number of nitrogens with zero attached hydrogens (tertiary/aromatic N) is 1. The minimum atomic E-state index is -0.444. The van der Waals surface area contributed by atoms with Crippen molar-refractivity contribution in [1.82, 2.24) is 4.90 Å². The molecule has 0 aromatic heterocycles. The molecule has 0 fully saturated rings. The largest absolute Gasteiger partial charge is 0.318 e. The van der Waals surface area contributed by atoms with E-state index in [0.717, 1.165) is 11.1 Å². The molecule has 2 nitrogen and oxygen atoms in total. The summed E-state index contributed by atoms with van der Waals surface area (Å²) >= 11 is 1.78. The summed E-state index contributed by atoms with van der Waals surface area (Å²) in [5.74, 6) is 0.0913. The molecule has 3 heteroatoms. The number of rotatable bonds is 2. The first-order chi connectivity index (χ1) is 12.7. The summed E-state index contributed by atoms with van der Waals surface area (Å²) < 4.78 is 0. The Kier molecular flexibility index (Phi) is 3.34. The summed E-state index contributed by atoms with van der Waals surface area (Å²) in [5, 5.41) is 0. The standard InChI is InChI=1S/C23H17NOS/c1-24-22(25)18-14-8-9-15-19(18)23(24)20(16-10-4-2-5-11-16)21(26-23)17-12-6-3-7-13-17/h2-15H,1H3. The molecule has 1 amide bonds. The number of hydrogen-bond acceptors (Lipinski definition) is 2. The van der Waals surface area contributed by atoms with Gasteiger partial charge in [0.2, 0.25) is 0 Å². The number of hydrogen-bond donors (Lipinski definition) is 0. The summed E-state index contributed by atoms with van der Waals surface area (Å²) in [6, 6.07) is 28.9. The van der Waals surface area contributed by atoms with Gasteiger partial charge in [-0.3, -0.25) is 4.79 Å². The predicted octanol–water partition coefficient (Wildman–Crippen LogP) is 5.24. The number of fused-ring (bicyclic) bond motifs is 2. The van der Waals surface area contributed by atoms with Crippen molar-refractivity contribution in [1.29, 1.82) is 0 Å². The smallest absolute Gasteiger partial charge is 0.255 e. The molecule has 2 aliphatic rings. The molecule has 126 valence electrons. The van der Waals surface area contributed by atoms with Crippen molar-refractivity contribution in [2.45, 2.75) is 4.87 Å². The van der Waals surface area contributed by atoms with Crippen LogP contribution in [0.4, 0.5) is 0 Å². The number of carbonyl (C=O) groups excluding carboxylic acids is 1. The predicted molar refractivity (Wildman–Crippen MR) is 108 cm³/mol. The molecule has 0 bridgehead atoms. The first-order valence-corrected chi connectivity index (χ1v) is 9.47. The Balaban J connectivity index is 1.80. The molecule has 1 spiro atoms. The quantitative estimate of drug-likeness (QED) is 0.626. The van der Waals surface area contributed by atoms with Crippen LogP contribution in [-0.4, -0.2) is 17.9 Å². The fraction of sp³-hybridized carbons (Fsp3) is 0.0870. The van der Waals surface area contributed by atoms with Crippen molar-refractivity contribution in [2.75, 3.05) is 7.05 Å².